The zero-order valence-electron chi connectivity index (χ0n) is 18.7. The molecule has 0 unspecified atom stereocenters. The number of piperidine rings is 1. The highest BCUT2D eigenvalue weighted by molar-refractivity contribution is 5.74. The Kier molecular flexibility index (Phi) is 7.92. The number of likely N-dealkylation sites (tertiary alicyclic amines) is 2. The first-order valence-corrected chi connectivity index (χ1v) is 11.5. The van der Waals surface area contributed by atoms with Gasteiger partial charge in [0, 0.05) is 25.0 Å². The van der Waals surface area contributed by atoms with Gasteiger partial charge < -0.3 is 14.7 Å². The third-order valence-electron chi connectivity index (χ3n) is 6.11. The third kappa shape index (κ3) is 6.43. The maximum Gasteiger partial charge on any atom is 0.317 e. The van der Waals surface area contributed by atoms with Crippen LogP contribution in [-0.2, 0) is 13.0 Å². The lowest BCUT2D eigenvalue weighted by Crippen LogP contribution is -2.52. The number of aromatic nitrogens is 2. The molecule has 3 rings (SSSR count). The third-order valence-corrected chi connectivity index (χ3v) is 6.11. The van der Waals surface area contributed by atoms with E-state index in [2.05, 4.69) is 39.1 Å². The lowest BCUT2D eigenvalue weighted by Gasteiger charge is -2.40. The molecule has 7 nitrogen and oxygen atoms in total. The molecule has 2 fully saturated rings. The van der Waals surface area contributed by atoms with E-state index in [1.165, 1.54) is 12.8 Å². The molecule has 0 spiro atoms. The van der Waals surface area contributed by atoms with Gasteiger partial charge >= 0.3 is 6.03 Å². The molecule has 1 N–H and O–H groups in total. The Morgan fingerprint density at radius 1 is 1.10 bits per heavy atom. The number of amides is 2. The van der Waals surface area contributed by atoms with Gasteiger partial charge in [-0.15, -0.1) is 0 Å². The van der Waals surface area contributed by atoms with E-state index >= 15 is 0 Å². The van der Waals surface area contributed by atoms with Crippen LogP contribution in [0.15, 0.2) is 4.52 Å². The number of nitrogens with zero attached hydrogens (tertiary/aromatic N) is 4. The molecule has 2 aliphatic rings. The van der Waals surface area contributed by atoms with Crippen LogP contribution in [-0.4, -0.2) is 57.7 Å². The van der Waals surface area contributed by atoms with Crippen molar-refractivity contribution < 1.29 is 9.32 Å². The molecule has 2 amide bonds. The van der Waals surface area contributed by atoms with Crippen molar-refractivity contribution in [2.45, 2.75) is 91.3 Å². The molecule has 3 heterocycles. The normalized spacial score (nSPS) is 22.3. The molecule has 0 radical (unpaired) electrons. The monoisotopic (exact) mass is 405 g/mol. The molecular formula is C22H39N5O2. The minimum absolute atomic E-state index is 0.123. The molecule has 0 saturated carbocycles. The minimum Gasteiger partial charge on any atom is -0.338 e. The van der Waals surface area contributed by atoms with Crippen LogP contribution in [0.5, 0.6) is 0 Å². The second-order valence-electron chi connectivity index (χ2n) is 9.53. The maximum atomic E-state index is 12.8. The van der Waals surface area contributed by atoms with Gasteiger partial charge in [-0.3, -0.25) is 4.90 Å². The summed E-state index contributed by atoms with van der Waals surface area (Å²) in [4.78, 5) is 21.9. The van der Waals surface area contributed by atoms with Crippen molar-refractivity contribution in [2.75, 3.05) is 19.6 Å². The van der Waals surface area contributed by atoms with Crippen LogP contribution in [0.4, 0.5) is 4.79 Å². The molecule has 7 heteroatoms. The number of rotatable bonds is 6. The van der Waals surface area contributed by atoms with Crippen molar-refractivity contribution in [3.8, 4) is 0 Å². The average molecular weight is 406 g/mol. The van der Waals surface area contributed by atoms with Gasteiger partial charge in [-0.2, -0.15) is 4.98 Å². The summed E-state index contributed by atoms with van der Waals surface area (Å²) in [5.41, 5.74) is 0. The van der Waals surface area contributed by atoms with E-state index in [9.17, 15) is 4.79 Å². The van der Waals surface area contributed by atoms with E-state index in [0.29, 0.717) is 17.9 Å². The van der Waals surface area contributed by atoms with Gasteiger partial charge in [0.2, 0.25) is 5.89 Å². The predicted molar refractivity (Wildman–Crippen MR) is 113 cm³/mol. The quantitative estimate of drug-likeness (QED) is 0.778. The molecule has 0 aromatic carbocycles. The first kappa shape index (κ1) is 22.1. The van der Waals surface area contributed by atoms with Gasteiger partial charge in [0.05, 0.1) is 6.54 Å². The first-order valence-electron chi connectivity index (χ1n) is 11.5. The Morgan fingerprint density at radius 3 is 2.55 bits per heavy atom. The fourth-order valence-corrected chi connectivity index (χ4v) is 4.70. The van der Waals surface area contributed by atoms with Crippen LogP contribution in [0, 0.1) is 11.8 Å². The molecule has 1 atom stereocenters. The fraction of sp³-hybridized carbons (Fsp3) is 0.864. The number of nitrogens with one attached hydrogen (secondary N) is 1. The van der Waals surface area contributed by atoms with Gasteiger partial charge in [-0.05, 0) is 64.5 Å². The van der Waals surface area contributed by atoms with E-state index < -0.39 is 0 Å². The lowest BCUT2D eigenvalue weighted by atomic mass is 9.86. The summed E-state index contributed by atoms with van der Waals surface area (Å²) >= 11 is 0. The topological polar surface area (TPSA) is 74.5 Å². The second kappa shape index (κ2) is 10.4. The van der Waals surface area contributed by atoms with Crippen molar-refractivity contribution in [3.05, 3.63) is 11.7 Å². The van der Waals surface area contributed by atoms with Crippen LogP contribution >= 0.6 is 0 Å². The first-order chi connectivity index (χ1) is 13.9. The number of hydrogen-bond acceptors (Lipinski definition) is 5. The smallest absolute Gasteiger partial charge is 0.317 e. The largest absolute Gasteiger partial charge is 0.338 e. The van der Waals surface area contributed by atoms with Gasteiger partial charge in [0.25, 0.3) is 0 Å². The van der Waals surface area contributed by atoms with Crippen molar-refractivity contribution >= 4 is 6.03 Å². The number of carbonyl (C=O) groups excluding carboxylic acids is 1. The molecule has 1 aromatic rings. The van der Waals surface area contributed by atoms with E-state index in [-0.39, 0.29) is 12.1 Å². The Labute approximate surface area is 175 Å². The van der Waals surface area contributed by atoms with Crippen LogP contribution in [0.25, 0.3) is 0 Å². The van der Waals surface area contributed by atoms with E-state index in [0.717, 1.165) is 70.0 Å². The van der Waals surface area contributed by atoms with Crippen LogP contribution in [0.1, 0.15) is 77.9 Å². The molecule has 164 valence electrons. The zero-order chi connectivity index (χ0) is 20.8. The number of carbonyl (C=O) groups is 1. The highest BCUT2D eigenvalue weighted by Gasteiger charge is 2.34. The average Bonchev–Trinajstić information content (AvgIpc) is 2.94. The second-order valence-corrected chi connectivity index (χ2v) is 9.53. The molecule has 0 aliphatic carbocycles. The van der Waals surface area contributed by atoms with Crippen LogP contribution in [0.2, 0.25) is 0 Å². The summed E-state index contributed by atoms with van der Waals surface area (Å²) in [5, 5.41) is 7.23. The van der Waals surface area contributed by atoms with E-state index in [1.807, 2.05) is 13.8 Å². The van der Waals surface area contributed by atoms with Crippen LogP contribution < -0.4 is 5.32 Å². The summed E-state index contributed by atoms with van der Waals surface area (Å²) in [6.45, 7) is 12.1. The summed E-state index contributed by atoms with van der Waals surface area (Å²) in [6, 6.07) is 0.681. The standard InChI is InChI=1S/C22H39N5O2/c1-16(2)14-20-24-21(29-25-20)15-26-12-9-18(10-13-26)19-8-6-5-7-11-27(19)22(28)23-17(3)4/h16-19H,5-15H2,1-4H3,(H,23,28)/t19-/m1/s1. The summed E-state index contributed by atoms with van der Waals surface area (Å²) in [7, 11) is 0. The number of hydrogen-bond donors (Lipinski definition) is 1. The SMILES string of the molecule is CC(C)Cc1noc(CN2CCC([C@H]3CCCCCN3C(=O)NC(C)C)CC2)n1. The number of urea groups is 1. The van der Waals surface area contributed by atoms with Gasteiger partial charge in [-0.25, -0.2) is 4.79 Å². The molecule has 2 saturated heterocycles. The van der Waals surface area contributed by atoms with E-state index in [4.69, 9.17) is 4.52 Å². The lowest BCUT2D eigenvalue weighted by molar-refractivity contribution is 0.0927. The molecule has 29 heavy (non-hydrogen) atoms. The van der Waals surface area contributed by atoms with Crippen molar-refractivity contribution in [1.29, 1.82) is 0 Å². The van der Waals surface area contributed by atoms with Crippen molar-refractivity contribution in [1.82, 2.24) is 25.3 Å². The fourth-order valence-electron chi connectivity index (χ4n) is 4.70. The Bertz CT molecular complexity index is 637. The van der Waals surface area contributed by atoms with E-state index in [1.54, 1.807) is 0 Å². The molecule has 1 aromatic heterocycles. The summed E-state index contributed by atoms with van der Waals surface area (Å²) in [6.07, 6.45) is 7.84. The van der Waals surface area contributed by atoms with Gasteiger partial charge in [0.15, 0.2) is 5.82 Å². The minimum atomic E-state index is 0.123. The summed E-state index contributed by atoms with van der Waals surface area (Å²) in [5.74, 6) is 2.66. The highest BCUT2D eigenvalue weighted by atomic mass is 16.5. The van der Waals surface area contributed by atoms with Gasteiger partial charge in [-0.1, -0.05) is 31.8 Å². The molecular weight excluding hydrogens is 366 g/mol. The molecule has 0 bridgehead atoms. The van der Waals surface area contributed by atoms with Gasteiger partial charge in [0.1, 0.15) is 0 Å². The zero-order valence-corrected chi connectivity index (χ0v) is 18.7. The maximum absolute atomic E-state index is 12.8. The Hall–Kier alpha value is -1.63. The summed E-state index contributed by atoms with van der Waals surface area (Å²) < 4.78 is 5.45. The predicted octanol–water partition coefficient (Wildman–Crippen LogP) is 3.84. The van der Waals surface area contributed by atoms with Crippen molar-refractivity contribution in [2.24, 2.45) is 11.8 Å². The Balaban J connectivity index is 1.53. The highest BCUT2D eigenvalue weighted by Crippen LogP contribution is 2.30. The van der Waals surface area contributed by atoms with Crippen molar-refractivity contribution in [3.63, 3.8) is 0 Å². The molecule has 2 aliphatic heterocycles. The Morgan fingerprint density at radius 2 is 1.86 bits per heavy atom. The van der Waals surface area contributed by atoms with Crippen LogP contribution in [0.3, 0.4) is 0 Å².